The number of methoxy groups -OCH3 is 1. The third-order valence-electron chi connectivity index (χ3n) is 5.06. The van der Waals surface area contributed by atoms with E-state index >= 15 is 0 Å². The molecule has 0 radical (unpaired) electrons. The van der Waals surface area contributed by atoms with E-state index in [0.29, 0.717) is 24.2 Å². The van der Waals surface area contributed by atoms with E-state index in [1.54, 1.807) is 26.2 Å². The van der Waals surface area contributed by atoms with Gasteiger partial charge in [0.25, 0.3) is 0 Å². The predicted molar refractivity (Wildman–Crippen MR) is 101 cm³/mol. The quantitative estimate of drug-likeness (QED) is 0.845. The fourth-order valence-corrected chi connectivity index (χ4v) is 3.50. The molecule has 144 valence electrons. The zero-order valence-electron chi connectivity index (χ0n) is 15.7. The van der Waals surface area contributed by atoms with Crippen LogP contribution >= 0.6 is 0 Å². The lowest BCUT2D eigenvalue weighted by Crippen LogP contribution is -2.48. The van der Waals surface area contributed by atoms with Gasteiger partial charge in [0.1, 0.15) is 17.6 Å². The topological polar surface area (TPSA) is 53.0 Å². The average molecular weight is 372 g/mol. The second-order valence-corrected chi connectivity index (χ2v) is 6.91. The standard InChI is InChI=1S/C21H25FN2O3/c1-15-6-7-17(13-19(15)22)20(21(25)26)24-10-8-23(9-11-24)14-16-4-3-5-18(12-16)27-2/h3-7,12-13,20H,8-11,14H2,1-2H3,(H,25,26)/t20-/m0/s1. The normalized spacial score (nSPS) is 16.9. The summed E-state index contributed by atoms with van der Waals surface area (Å²) in [5, 5.41) is 9.71. The number of carboxylic acid groups (broad SMARTS) is 1. The maximum atomic E-state index is 13.9. The Morgan fingerprint density at radius 3 is 2.56 bits per heavy atom. The van der Waals surface area contributed by atoms with Gasteiger partial charge in [0.2, 0.25) is 0 Å². The van der Waals surface area contributed by atoms with Gasteiger partial charge in [0, 0.05) is 32.7 Å². The summed E-state index contributed by atoms with van der Waals surface area (Å²) in [6.45, 7) is 5.23. The second-order valence-electron chi connectivity index (χ2n) is 6.91. The summed E-state index contributed by atoms with van der Waals surface area (Å²) in [7, 11) is 1.65. The first-order chi connectivity index (χ1) is 13.0. The number of carbonyl (C=O) groups is 1. The van der Waals surface area contributed by atoms with Crippen molar-refractivity contribution in [3.05, 3.63) is 65.0 Å². The lowest BCUT2D eigenvalue weighted by molar-refractivity contribution is -0.144. The molecule has 6 heteroatoms. The van der Waals surface area contributed by atoms with Crippen LogP contribution in [0, 0.1) is 12.7 Å². The highest BCUT2D eigenvalue weighted by Gasteiger charge is 2.30. The minimum atomic E-state index is -0.945. The molecule has 27 heavy (non-hydrogen) atoms. The van der Waals surface area contributed by atoms with Gasteiger partial charge in [0.15, 0.2) is 0 Å². The van der Waals surface area contributed by atoms with Crippen LogP contribution in [0.25, 0.3) is 0 Å². The SMILES string of the molecule is COc1cccc(CN2CCN([C@H](C(=O)O)c3ccc(C)c(F)c3)CC2)c1. The summed E-state index contributed by atoms with van der Waals surface area (Å²) in [5.74, 6) is -0.478. The zero-order chi connectivity index (χ0) is 19.4. The zero-order valence-corrected chi connectivity index (χ0v) is 15.7. The van der Waals surface area contributed by atoms with Gasteiger partial charge in [-0.05, 0) is 41.8 Å². The Labute approximate surface area is 159 Å². The van der Waals surface area contributed by atoms with E-state index in [4.69, 9.17) is 4.74 Å². The van der Waals surface area contributed by atoms with Crippen molar-refractivity contribution in [2.45, 2.75) is 19.5 Å². The molecule has 3 rings (SSSR count). The number of hydrogen-bond acceptors (Lipinski definition) is 4. The van der Waals surface area contributed by atoms with Crippen LogP contribution in [0.4, 0.5) is 4.39 Å². The predicted octanol–water partition coefficient (Wildman–Crippen LogP) is 3.09. The molecule has 0 aliphatic carbocycles. The first-order valence-electron chi connectivity index (χ1n) is 9.06. The Kier molecular flexibility index (Phi) is 6.08. The molecule has 1 saturated heterocycles. The minimum Gasteiger partial charge on any atom is -0.497 e. The molecule has 5 nitrogen and oxygen atoms in total. The molecule has 0 bridgehead atoms. The molecule has 0 saturated carbocycles. The van der Waals surface area contributed by atoms with Crippen LogP contribution in [-0.2, 0) is 11.3 Å². The monoisotopic (exact) mass is 372 g/mol. The fourth-order valence-electron chi connectivity index (χ4n) is 3.50. The number of rotatable bonds is 6. The van der Waals surface area contributed by atoms with Crippen molar-refractivity contribution in [1.82, 2.24) is 9.80 Å². The van der Waals surface area contributed by atoms with Crippen molar-refractivity contribution in [3.63, 3.8) is 0 Å². The van der Waals surface area contributed by atoms with Crippen molar-refractivity contribution < 1.29 is 19.0 Å². The third-order valence-corrected chi connectivity index (χ3v) is 5.06. The molecule has 2 aromatic carbocycles. The minimum absolute atomic E-state index is 0.365. The Bertz CT molecular complexity index is 804. The number of hydrogen-bond donors (Lipinski definition) is 1. The van der Waals surface area contributed by atoms with Gasteiger partial charge < -0.3 is 9.84 Å². The molecule has 1 aliphatic rings. The molecule has 0 aromatic heterocycles. The highest BCUT2D eigenvalue weighted by Crippen LogP contribution is 2.25. The Hall–Kier alpha value is -2.44. The average Bonchev–Trinajstić information content (AvgIpc) is 2.66. The number of carboxylic acids is 1. The molecule has 1 N–H and O–H groups in total. The van der Waals surface area contributed by atoms with Gasteiger partial charge in [-0.15, -0.1) is 0 Å². The number of ether oxygens (including phenoxy) is 1. The van der Waals surface area contributed by atoms with Gasteiger partial charge in [-0.3, -0.25) is 14.6 Å². The van der Waals surface area contributed by atoms with Crippen molar-refractivity contribution in [3.8, 4) is 5.75 Å². The first-order valence-corrected chi connectivity index (χ1v) is 9.06. The fraction of sp³-hybridized carbons (Fsp3) is 0.381. The Morgan fingerprint density at radius 2 is 1.93 bits per heavy atom. The van der Waals surface area contributed by atoms with Crippen LogP contribution in [0.3, 0.4) is 0 Å². The van der Waals surface area contributed by atoms with Crippen LogP contribution in [0.15, 0.2) is 42.5 Å². The molecule has 0 amide bonds. The van der Waals surface area contributed by atoms with E-state index < -0.39 is 12.0 Å². The van der Waals surface area contributed by atoms with Crippen LogP contribution in [0.1, 0.15) is 22.7 Å². The van der Waals surface area contributed by atoms with Crippen LogP contribution in [0.2, 0.25) is 0 Å². The third kappa shape index (κ3) is 4.64. The second kappa shape index (κ2) is 8.50. The van der Waals surface area contributed by atoms with Crippen molar-refractivity contribution in [1.29, 1.82) is 0 Å². The van der Waals surface area contributed by atoms with Gasteiger partial charge >= 0.3 is 5.97 Å². The summed E-state index contributed by atoms with van der Waals surface area (Å²) in [5.41, 5.74) is 2.18. The van der Waals surface area contributed by atoms with Crippen molar-refractivity contribution >= 4 is 5.97 Å². The number of piperazine rings is 1. The smallest absolute Gasteiger partial charge is 0.325 e. The number of halogens is 1. The lowest BCUT2D eigenvalue weighted by Gasteiger charge is -2.38. The number of benzene rings is 2. The van der Waals surface area contributed by atoms with Gasteiger partial charge in [-0.2, -0.15) is 0 Å². The van der Waals surface area contributed by atoms with E-state index in [1.165, 1.54) is 6.07 Å². The molecule has 0 unspecified atom stereocenters. The molecule has 1 heterocycles. The largest absolute Gasteiger partial charge is 0.497 e. The van der Waals surface area contributed by atoms with Crippen molar-refractivity contribution in [2.75, 3.05) is 33.3 Å². The lowest BCUT2D eigenvalue weighted by atomic mass is 10.0. The van der Waals surface area contributed by atoms with Gasteiger partial charge in [-0.25, -0.2) is 4.39 Å². The van der Waals surface area contributed by atoms with E-state index in [1.807, 2.05) is 23.1 Å². The molecule has 1 atom stereocenters. The molecule has 1 fully saturated rings. The number of nitrogens with zero attached hydrogens (tertiary/aromatic N) is 2. The Balaban J connectivity index is 1.65. The van der Waals surface area contributed by atoms with Gasteiger partial charge in [-0.1, -0.05) is 24.3 Å². The summed E-state index contributed by atoms with van der Waals surface area (Å²) < 4.78 is 19.2. The highest BCUT2D eigenvalue weighted by molar-refractivity contribution is 5.75. The highest BCUT2D eigenvalue weighted by atomic mass is 19.1. The van der Waals surface area contributed by atoms with Crippen LogP contribution in [-0.4, -0.2) is 54.2 Å². The molecule has 2 aromatic rings. The summed E-state index contributed by atoms with van der Waals surface area (Å²) >= 11 is 0. The van der Waals surface area contributed by atoms with Gasteiger partial charge in [0.05, 0.1) is 7.11 Å². The summed E-state index contributed by atoms with van der Waals surface area (Å²) in [6.07, 6.45) is 0. The maximum Gasteiger partial charge on any atom is 0.325 e. The molecular formula is C21H25FN2O3. The Morgan fingerprint density at radius 1 is 1.19 bits per heavy atom. The van der Waals surface area contributed by atoms with E-state index in [2.05, 4.69) is 11.0 Å². The van der Waals surface area contributed by atoms with E-state index in [-0.39, 0.29) is 5.82 Å². The summed E-state index contributed by atoms with van der Waals surface area (Å²) in [4.78, 5) is 16.0. The van der Waals surface area contributed by atoms with Crippen molar-refractivity contribution in [2.24, 2.45) is 0 Å². The number of aryl methyl sites for hydroxylation is 1. The number of aliphatic carboxylic acids is 1. The molecule has 1 aliphatic heterocycles. The maximum absolute atomic E-state index is 13.9. The molecule has 0 spiro atoms. The van der Waals surface area contributed by atoms with E-state index in [9.17, 15) is 14.3 Å². The first kappa shape index (κ1) is 19.3. The van der Waals surface area contributed by atoms with E-state index in [0.717, 1.165) is 30.9 Å². The van der Waals surface area contributed by atoms with Crippen LogP contribution in [0.5, 0.6) is 5.75 Å². The summed E-state index contributed by atoms with van der Waals surface area (Å²) in [6, 6.07) is 11.8. The van der Waals surface area contributed by atoms with Crippen LogP contribution < -0.4 is 4.74 Å². The molecular weight excluding hydrogens is 347 g/mol.